The third kappa shape index (κ3) is 2.25. The molecule has 1 aromatic heterocycles. The second kappa shape index (κ2) is 4.65. The Labute approximate surface area is 79.6 Å². The van der Waals surface area contributed by atoms with Gasteiger partial charge in [-0.2, -0.15) is 0 Å². The van der Waals surface area contributed by atoms with Crippen LogP contribution in [-0.4, -0.2) is 27.1 Å². The molecule has 1 heterocycles. The SMILES string of the molecule is NC[C@H](Cn1ccnc1[N+](=O)[O-])ON. The van der Waals surface area contributed by atoms with Crippen molar-refractivity contribution in [2.75, 3.05) is 6.54 Å². The molecule has 0 bridgehead atoms. The summed E-state index contributed by atoms with van der Waals surface area (Å²) >= 11 is 0. The predicted octanol–water partition coefficient (Wildman–Crippen LogP) is -0.991. The highest BCUT2D eigenvalue weighted by Gasteiger charge is 2.17. The Balaban J connectivity index is 2.75. The zero-order valence-electron chi connectivity index (χ0n) is 7.37. The molecule has 1 rings (SSSR count). The van der Waals surface area contributed by atoms with Crippen molar-refractivity contribution in [1.29, 1.82) is 0 Å². The summed E-state index contributed by atoms with van der Waals surface area (Å²) in [7, 11) is 0. The molecule has 0 radical (unpaired) electrons. The normalized spacial score (nSPS) is 12.7. The van der Waals surface area contributed by atoms with Gasteiger partial charge in [-0.25, -0.2) is 10.5 Å². The fraction of sp³-hybridized carbons (Fsp3) is 0.500. The van der Waals surface area contributed by atoms with E-state index >= 15 is 0 Å². The van der Waals surface area contributed by atoms with Gasteiger partial charge in [-0.3, -0.25) is 4.84 Å². The van der Waals surface area contributed by atoms with E-state index in [9.17, 15) is 10.1 Å². The molecule has 1 atom stereocenters. The number of nitrogens with two attached hydrogens (primary N) is 2. The lowest BCUT2D eigenvalue weighted by Gasteiger charge is -2.10. The monoisotopic (exact) mass is 201 g/mol. The van der Waals surface area contributed by atoms with Gasteiger partial charge in [0, 0.05) is 6.54 Å². The van der Waals surface area contributed by atoms with Crippen LogP contribution in [0.2, 0.25) is 0 Å². The van der Waals surface area contributed by atoms with Crippen LogP contribution in [0.5, 0.6) is 0 Å². The van der Waals surface area contributed by atoms with Gasteiger partial charge in [-0.05, 0) is 4.92 Å². The molecule has 0 aliphatic heterocycles. The van der Waals surface area contributed by atoms with Crippen molar-refractivity contribution < 1.29 is 9.76 Å². The summed E-state index contributed by atoms with van der Waals surface area (Å²) < 4.78 is 1.32. The first kappa shape index (κ1) is 10.6. The molecule has 1 aromatic rings. The van der Waals surface area contributed by atoms with Crippen LogP contribution >= 0.6 is 0 Å². The second-order valence-corrected chi connectivity index (χ2v) is 2.63. The van der Waals surface area contributed by atoms with E-state index in [1.807, 2.05) is 0 Å². The number of hydrogen-bond donors (Lipinski definition) is 2. The topological polar surface area (TPSA) is 122 Å². The maximum atomic E-state index is 10.5. The first-order chi connectivity index (χ1) is 6.69. The van der Waals surface area contributed by atoms with Gasteiger partial charge in [0.2, 0.25) is 0 Å². The number of nitro groups is 1. The molecule has 0 unspecified atom stereocenters. The molecule has 0 saturated carbocycles. The molecular weight excluding hydrogens is 190 g/mol. The molecule has 8 nitrogen and oxygen atoms in total. The first-order valence-corrected chi connectivity index (χ1v) is 3.90. The lowest BCUT2D eigenvalue weighted by Crippen LogP contribution is -2.31. The molecule has 4 N–H and O–H groups in total. The number of nitrogens with zero attached hydrogens (tertiary/aromatic N) is 3. The van der Waals surface area contributed by atoms with Crippen LogP contribution < -0.4 is 11.6 Å². The van der Waals surface area contributed by atoms with Crippen molar-refractivity contribution in [2.24, 2.45) is 11.6 Å². The Hall–Kier alpha value is -1.51. The van der Waals surface area contributed by atoms with E-state index in [1.165, 1.54) is 17.0 Å². The van der Waals surface area contributed by atoms with Crippen molar-refractivity contribution in [3.63, 3.8) is 0 Å². The number of hydrogen-bond acceptors (Lipinski definition) is 6. The second-order valence-electron chi connectivity index (χ2n) is 2.63. The van der Waals surface area contributed by atoms with Gasteiger partial charge < -0.3 is 15.8 Å². The largest absolute Gasteiger partial charge is 0.434 e. The van der Waals surface area contributed by atoms with E-state index in [4.69, 9.17) is 11.6 Å². The smallest absolute Gasteiger partial charge is 0.390 e. The zero-order valence-corrected chi connectivity index (χ0v) is 7.37. The van der Waals surface area contributed by atoms with E-state index in [1.54, 1.807) is 0 Å². The Morgan fingerprint density at radius 2 is 2.50 bits per heavy atom. The summed E-state index contributed by atoms with van der Waals surface area (Å²) in [6.07, 6.45) is 2.35. The van der Waals surface area contributed by atoms with Crippen molar-refractivity contribution >= 4 is 5.95 Å². The summed E-state index contributed by atoms with van der Waals surface area (Å²) in [5, 5.41) is 10.5. The number of aromatic nitrogens is 2. The first-order valence-electron chi connectivity index (χ1n) is 3.90. The van der Waals surface area contributed by atoms with Gasteiger partial charge in [0.15, 0.2) is 0 Å². The molecule has 0 fully saturated rings. The minimum atomic E-state index is -0.579. The highest BCUT2D eigenvalue weighted by atomic mass is 16.6. The van der Waals surface area contributed by atoms with E-state index in [-0.39, 0.29) is 19.0 Å². The van der Waals surface area contributed by atoms with E-state index in [0.717, 1.165) is 0 Å². The Kier molecular flexibility index (Phi) is 3.51. The van der Waals surface area contributed by atoms with Crippen molar-refractivity contribution in [3.8, 4) is 0 Å². The summed E-state index contributed by atoms with van der Waals surface area (Å²) in [5.41, 5.74) is 5.32. The van der Waals surface area contributed by atoms with E-state index < -0.39 is 11.0 Å². The van der Waals surface area contributed by atoms with Crippen LogP contribution in [0.15, 0.2) is 12.4 Å². The van der Waals surface area contributed by atoms with Crippen LogP contribution in [0.1, 0.15) is 0 Å². The van der Waals surface area contributed by atoms with Gasteiger partial charge in [0.1, 0.15) is 25.0 Å². The molecular formula is C6H11N5O3. The van der Waals surface area contributed by atoms with Crippen LogP contribution in [-0.2, 0) is 11.4 Å². The highest BCUT2D eigenvalue weighted by Crippen LogP contribution is 2.08. The minimum Gasteiger partial charge on any atom is -0.390 e. The summed E-state index contributed by atoms with van der Waals surface area (Å²) in [6.45, 7) is 0.398. The van der Waals surface area contributed by atoms with Crippen molar-refractivity contribution in [2.45, 2.75) is 12.6 Å². The standard InChI is InChI=1S/C6H11N5O3/c7-3-5(14-8)4-10-2-1-9-6(10)11(12)13/h1-2,5H,3-4,7-8H2/t5-/m1/s1. The molecule has 0 aliphatic carbocycles. The van der Waals surface area contributed by atoms with Gasteiger partial charge in [0.25, 0.3) is 0 Å². The average Bonchev–Trinajstić information content (AvgIpc) is 2.62. The molecule has 8 heteroatoms. The van der Waals surface area contributed by atoms with Gasteiger partial charge in [0.05, 0.1) is 0 Å². The maximum Gasteiger partial charge on any atom is 0.434 e. The molecule has 0 aliphatic rings. The Morgan fingerprint density at radius 3 is 3.00 bits per heavy atom. The quantitative estimate of drug-likeness (QED) is 0.465. The molecule has 14 heavy (non-hydrogen) atoms. The Bertz CT molecular complexity index is 308. The molecule has 78 valence electrons. The van der Waals surface area contributed by atoms with Crippen LogP contribution in [0.25, 0.3) is 0 Å². The fourth-order valence-electron chi connectivity index (χ4n) is 1.01. The van der Waals surface area contributed by atoms with Crippen LogP contribution in [0.4, 0.5) is 5.95 Å². The van der Waals surface area contributed by atoms with E-state index in [0.29, 0.717) is 0 Å². The Morgan fingerprint density at radius 1 is 1.79 bits per heavy atom. The summed E-state index contributed by atoms with van der Waals surface area (Å²) in [5.74, 6) is 4.69. The number of rotatable bonds is 5. The van der Waals surface area contributed by atoms with Gasteiger partial charge >= 0.3 is 5.95 Å². The predicted molar refractivity (Wildman–Crippen MR) is 47.0 cm³/mol. The molecule has 0 aromatic carbocycles. The fourth-order valence-corrected chi connectivity index (χ4v) is 1.01. The highest BCUT2D eigenvalue weighted by molar-refractivity contribution is 5.06. The van der Waals surface area contributed by atoms with Crippen LogP contribution in [0.3, 0.4) is 0 Å². The third-order valence-corrected chi connectivity index (χ3v) is 1.71. The average molecular weight is 201 g/mol. The van der Waals surface area contributed by atoms with E-state index in [2.05, 4.69) is 9.82 Å². The summed E-state index contributed by atoms with van der Waals surface area (Å²) in [4.78, 5) is 18.0. The molecule has 0 spiro atoms. The zero-order chi connectivity index (χ0) is 10.6. The van der Waals surface area contributed by atoms with Crippen molar-refractivity contribution in [1.82, 2.24) is 9.55 Å². The molecule has 0 amide bonds. The number of imidazole rings is 1. The lowest BCUT2D eigenvalue weighted by atomic mass is 10.3. The van der Waals surface area contributed by atoms with Crippen LogP contribution in [0, 0.1) is 10.1 Å². The van der Waals surface area contributed by atoms with Crippen molar-refractivity contribution in [3.05, 3.63) is 22.5 Å². The third-order valence-electron chi connectivity index (χ3n) is 1.71. The molecule has 0 saturated heterocycles. The maximum absolute atomic E-state index is 10.5. The minimum absolute atomic E-state index is 0.186. The van der Waals surface area contributed by atoms with Gasteiger partial charge in [-0.1, -0.05) is 4.98 Å². The van der Waals surface area contributed by atoms with Gasteiger partial charge in [-0.15, -0.1) is 0 Å². The lowest BCUT2D eigenvalue weighted by molar-refractivity contribution is -0.397. The summed E-state index contributed by atoms with van der Waals surface area (Å²) in [6, 6.07) is 0.